The van der Waals surface area contributed by atoms with Crippen molar-refractivity contribution in [1.29, 1.82) is 0 Å². The molecule has 1 atom stereocenters. The minimum absolute atomic E-state index is 0.00394. The van der Waals surface area contributed by atoms with Crippen molar-refractivity contribution < 1.29 is 9.59 Å². The van der Waals surface area contributed by atoms with Crippen LogP contribution in [0.4, 0.5) is 5.69 Å². The van der Waals surface area contributed by atoms with Crippen LogP contribution < -0.4 is 5.32 Å². The zero-order valence-corrected chi connectivity index (χ0v) is 20.4. The summed E-state index contributed by atoms with van der Waals surface area (Å²) in [7, 11) is 0. The fourth-order valence-electron chi connectivity index (χ4n) is 5.13. The van der Waals surface area contributed by atoms with Gasteiger partial charge in [0.2, 0.25) is 5.91 Å². The number of nitrogens with one attached hydrogen (secondary N) is 1. The molecule has 1 aliphatic carbocycles. The minimum atomic E-state index is -0.152. The molecular formula is C27H34ClN3O2. The Morgan fingerprint density at radius 3 is 2.24 bits per heavy atom. The number of hydrogen-bond donors (Lipinski definition) is 1. The topological polar surface area (TPSA) is 52.7 Å². The molecule has 1 aliphatic heterocycles. The predicted molar refractivity (Wildman–Crippen MR) is 134 cm³/mol. The molecule has 0 radical (unpaired) electrons. The van der Waals surface area contributed by atoms with E-state index in [0.29, 0.717) is 48.6 Å². The van der Waals surface area contributed by atoms with Crippen LogP contribution >= 0.6 is 11.6 Å². The summed E-state index contributed by atoms with van der Waals surface area (Å²) in [4.78, 5) is 30.5. The lowest BCUT2D eigenvalue weighted by Gasteiger charge is -2.40. The van der Waals surface area contributed by atoms with Crippen molar-refractivity contribution in [2.24, 2.45) is 5.92 Å². The third kappa shape index (κ3) is 5.77. The molecule has 176 valence electrons. The van der Waals surface area contributed by atoms with Gasteiger partial charge in [-0.15, -0.1) is 0 Å². The van der Waals surface area contributed by atoms with Crippen LogP contribution in [0, 0.1) is 5.92 Å². The first-order valence-electron chi connectivity index (χ1n) is 12.1. The van der Waals surface area contributed by atoms with Crippen molar-refractivity contribution in [3.8, 4) is 0 Å². The van der Waals surface area contributed by atoms with E-state index in [9.17, 15) is 9.59 Å². The van der Waals surface area contributed by atoms with Gasteiger partial charge in [0, 0.05) is 42.5 Å². The fourth-order valence-corrected chi connectivity index (χ4v) is 5.32. The van der Waals surface area contributed by atoms with E-state index in [-0.39, 0.29) is 17.9 Å². The van der Waals surface area contributed by atoms with Crippen LogP contribution in [0.5, 0.6) is 0 Å². The molecular weight excluding hydrogens is 434 g/mol. The van der Waals surface area contributed by atoms with Gasteiger partial charge in [0.05, 0.1) is 6.04 Å². The average Bonchev–Trinajstić information content (AvgIpc) is 3.34. The van der Waals surface area contributed by atoms with E-state index in [1.165, 1.54) is 18.4 Å². The number of amides is 2. The first kappa shape index (κ1) is 23.8. The van der Waals surface area contributed by atoms with E-state index in [4.69, 9.17) is 11.6 Å². The summed E-state index contributed by atoms with van der Waals surface area (Å²) < 4.78 is 0. The Hall–Kier alpha value is -2.37. The molecule has 33 heavy (non-hydrogen) atoms. The van der Waals surface area contributed by atoms with Gasteiger partial charge in [-0.2, -0.15) is 0 Å². The van der Waals surface area contributed by atoms with Gasteiger partial charge in [-0.3, -0.25) is 14.5 Å². The molecule has 2 amide bonds. The van der Waals surface area contributed by atoms with Gasteiger partial charge in [0.15, 0.2) is 0 Å². The van der Waals surface area contributed by atoms with Gasteiger partial charge in [-0.1, -0.05) is 56.5 Å². The van der Waals surface area contributed by atoms with Gasteiger partial charge in [-0.05, 0) is 60.6 Å². The van der Waals surface area contributed by atoms with E-state index in [1.807, 2.05) is 17.0 Å². The summed E-state index contributed by atoms with van der Waals surface area (Å²) in [6, 6.07) is 15.1. The lowest BCUT2D eigenvalue weighted by atomic mass is 9.94. The highest BCUT2D eigenvalue weighted by Gasteiger charge is 2.37. The zero-order chi connectivity index (χ0) is 23.4. The normalized spacial score (nSPS) is 18.5. The van der Waals surface area contributed by atoms with Crippen LogP contribution in [0.1, 0.15) is 61.4 Å². The van der Waals surface area contributed by atoms with Gasteiger partial charge in [0.25, 0.3) is 5.91 Å². The Kier molecular flexibility index (Phi) is 7.71. The molecule has 1 saturated carbocycles. The third-order valence-corrected chi connectivity index (χ3v) is 7.26. The van der Waals surface area contributed by atoms with Crippen molar-refractivity contribution in [1.82, 2.24) is 9.80 Å². The molecule has 6 heteroatoms. The number of anilines is 1. The fraction of sp³-hybridized carbons (Fsp3) is 0.481. The third-order valence-electron chi connectivity index (χ3n) is 7.03. The SMILES string of the molecule is CC(C)c1ccc(NC(=O)C(C2CCCC2)N2CCN(C(=O)c3cccc(Cl)c3)CC2)cc1. The molecule has 1 unspecified atom stereocenters. The van der Waals surface area contributed by atoms with Gasteiger partial charge >= 0.3 is 0 Å². The van der Waals surface area contributed by atoms with Crippen molar-refractivity contribution in [2.45, 2.75) is 51.5 Å². The maximum Gasteiger partial charge on any atom is 0.253 e. The van der Waals surface area contributed by atoms with Gasteiger partial charge in [0.1, 0.15) is 0 Å². The molecule has 0 aromatic heterocycles. The summed E-state index contributed by atoms with van der Waals surface area (Å²) in [5.74, 6) is 0.917. The van der Waals surface area contributed by atoms with Crippen molar-refractivity contribution in [3.63, 3.8) is 0 Å². The van der Waals surface area contributed by atoms with Crippen molar-refractivity contribution in [3.05, 3.63) is 64.7 Å². The van der Waals surface area contributed by atoms with Crippen LogP contribution in [0.3, 0.4) is 0 Å². The highest BCUT2D eigenvalue weighted by atomic mass is 35.5. The second kappa shape index (κ2) is 10.7. The van der Waals surface area contributed by atoms with Crippen molar-refractivity contribution >= 4 is 29.1 Å². The lowest BCUT2D eigenvalue weighted by Crippen LogP contribution is -2.56. The molecule has 0 spiro atoms. The molecule has 2 fully saturated rings. The van der Waals surface area contributed by atoms with E-state index in [1.54, 1.807) is 24.3 Å². The number of rotatable bonds is 6. The van der Waals surface area contributed by atoms with Crippen LogP contribution in [-0.2, 0) is 4.79 Å². The van der Waals surface area contributed by atoms with Crippen LogP contribution in [0.2, 0.25) is 5.02 Å². The predicted octanol–water partition coefficient (Wildman–Crippen LogP) is 5.42. The number of nitrogens with zero attached hydrogens (tertiary/aromatic N) is 2. The Balaban J connectivity index is 1.42. The van der Waals surface area contributed by atoms with E-state index in [0.717, 1.165) is 18.5 Å². The van der Waals surface area contributed by atoms with E-state index >= 15 is 0 Å². The van der Waals surface area contributed by atoms with Gasteiger partial charge < -0.3 is 10.2 Å². The Morgan fingerprint density at radius 2 is 1.64 bits per heavy atom. The standard InChI is InChI=1S/C27H34ClN3O2/c1-19(2)20-10-12-24(13-11-20)29-26(32)25(21-6-3-4-7-21)30-14-16-31(17-15-30)27(33)22-8-5-9-23(28)18-22/h5,8-13,18-19,21,25H,3-4,6-7,14-17H2,1-2H3,(H,29,32). The average molecular weight is 468 g/mol. The summed E-state index contributed by atoms with van der Waals surface area (Å²) in [5.41, 5.74) is 2.73. The highest BCUT2D eigenvalue weighted by Crippen LogP contribution is 2.32. The Bertz CT molecular complexity index is 962. The molecule has 1 heterocycles. The van der Waals surface area contributed by atoms with Crippen LogP contribution in [-0.4, -0.2) is 53.8 Å². The van der Waals surface area contributed by atoms with Crippen molar-refractivity contribution in [2.75, 3.05) is 31.5 Å². The molecule has 5 nitrogen and oxygen atoms in total. The quantitative estimate of drug-likeness (QED) is 0.617. The number of halogens is 1. The number of hydrogen-bond acceptors (Lipinski definition) is 3. The molecule has 2 aromatic rings. The largest absolute Gasteiger partial charge is 0.336 e. The first-order valence-corrected chi connectivity index (χ1v) is 12.5. The number of carbonyl (C=O) groups excluding carboxylic acids is 2. The number of piperazine rings is 1. The second-order valence-corrected chi connectivity index (χ2v) is 10.0. The van der Waals surface area contributed by atoms with Crippen LogP contribution in [0.15, 0.2) is 48.5 Å². The second-order valence-electron chi connectivity index (χ2n) is 9.59. The summed E-state index contributed by atoms with van der Waals surface area (Å²) in [6.07, 6.45) is 4.55. The number of benzene rings is 2. The minimum Gasteiger partial charge on any atom is -0.336 e. The monoisotopic (exact) mass is 467 g/mol. The number of carbonyl (C=O) groups is 2. The van der Waals surface area contributed by atoms with E-state index < -0.39 is 0 Å². The Labute approximate surface area is 202 Å². The summed E-state index contributed by atoms with van der Waals surface area (Å²) in [6.45, 7) is 6.97. The molecule has 0 bridgehead atoms. The molecule has 1 N–H and O–H groups in total. The molecule has 4 rings (SSSR count). The summed E-state index contributed by atoms with van der Waals surface area (Å²) in [5, 5.41) is 3.74. The maximum absolute atomic E-state index is 13.4. The van der Waals surface area contributed by atoms with Crippen LogP contribution in [0.25, 0.3) is 0 Å². The van der Waals surface area contributed by atoms with Gasteiger partial charge in [-0.25, -0.2) is 0 Å². The first-order chi connectivity index (χ1) is 15.9. The highest BCUT2D eigenvalue weighted by molar-refractivity contribution is 6.30. The molecule has 1 saturated heterocycles. The molecule has 2 aliphatic rings. The maximum atomic E-state index is 13.4. The Morgan fingerprint density at radius 1 is 0.970 bits per heavy atom. The lowest BCUT2D eigenvalue weighted by molar-refractivity contribution is -0.123. The molecule has 2 aromatic carbocycles. The van der Waals surface area contributed by atoms with E-state index in [2.05, 4.69) is 36.2 Å². The smallest absolute Gasteiger partial charge is 0.253 e. The summed E-state index contributed by atoms with van der Waals surface area (Å²) >= 11 is 6.07. The zero-order valence-electron chi connectivity index (χ0n) is 19.6.